The first-order valence-electron chi connectivity index (χ1n) is 11.9. The van der Waals surface area contributed by atoms with E-state index in [-0.39, 0.29) is 11.4 Å². The minimum Gasteiger partial charge on any atom is -0.497 e. The Balaban J connectivity index is 1.56. The molecule has 4 rings (SSSR count). The van der Waals surface area contributed by atoms with Crippen molar-refractivity contribution in [3.8, 4) is 5.75 Å². The molecule has 0 bridgehead atoms. The Bertz CT molecular complexity index is 1250. The molecule has 0 spiro atoms. The van der Waals surface area contributed by atoms with Gasteiger partial charge in [0.2, 0.25) is 10.0 Å². The van der Waals surface area contributed by atoms with Crippen molar-refractivity contribution in [1.82, 2.24) is 4.31 Å². The molecule has 0 aliphatic carbocycles. The van der Waals surface area contributed by atoms with Crippen LogP contribution in [0.4, 0.5) is 0 Å². The van der Waals surface area contributed by atoms with Crippen molar-refractivity contribution in [2.24, 2.45) is 0 Å². The Morgan fingerprint density at radius 2 is 1.72 bits per heavy atom. The molecule has 1 heterocycles. The van der Waals surface area contributed by atoms with Gasteiger partial charge in [-0.1, -0.05) is 60.2 Å². The minimum absolute atomic E-state index is 0.189. The number of aryl methyl sites for hydroxylation is 2. The van der Waals surface area contributed by atoms with Gasteiger partial charge in [-0.3, -0.25) is 4.79 Å². The van der Waals surface area contributed by atoms with Crippen molar-refractivity contribution >= 4 is 27.8 Å². The van der Waals surface area contributed by atoms with Gasteiger partial charge in [-0.25, -0.2) is 8.42 Å². The molecule has 0 amide bonds. The van der Waals surface area contributed by atoms with Crippen LogP contribution in [0, 0.1) is 6.92 Å². The third kappa shape index (κ3) is 6.30. The second-order valence-electron chi connectivity index (χ2n) is 8.74. The van der Waals surface area contributed by atoms with E-state index in [9.17, 15) is 13.2 Å². The summed E-state index contributed by atoms with van der Waals surface area (Å²) in [5, 5.41) is 0. The summed E-state index contributed by atoms with van der Waals surface area (Å²) in [5.74, 6) is 1.18. The van der Waals surface area contributed by atoms with Crippen molar-refractivity contribution in [3.05, 3.63) is 95.6 Å². The van der Waals surface area contributed by atoms with Crippen LogP contribution in [-0.4, -0.2) is 49.9 Å². The maximum Gasteiger partial charge on any atom is 0.325 e. The highest BCUT2D eigenvalue weighted by Gasteiger charge is 2.39. The highest BCUT2D eigenvalue weighted by molar-refractivity contribution is 7.99. The smallest absolute Gasteiger partial charge is 0.325 e. The third-order valence-electron chi connectivity index (χ3n) is 6.26. The van der Waals surface area contributed by atoms with Crippen LogP contribution in [0.5, 0.6) is 5.75 Å². The van der Waals surface area contributed by atoms with Crippen molar-refractivity contribution in [3.63, 3.8) is 0 Å². The van der Waals surface area contributed by atoms with Crippen LogP contribution in [0.15, 0.2) is 83.8 Å². The maximum absolute atomic E-state index is 13.5. The molecule has 3 aromatic rings. The molecule has 1 unspecified atom stereocenters. The lowest BCUT2D eigenvalue weighted by Crippen LogP contribution is -2.51. The third-order valence-corrected chi connectivity index (χ3v) is 9.21. The molecular weight excluding hydrogens is 494 g/mol. The normalized spacial score (nSPS) is 17.3. The predicted octanol–water partition coefficient (Wildman–Crippen LogP) is 5.03. The van der Waals surface area contributed by atoms with E-state index in [1.54, 1.807) is 43.1 Å². The van der Waals surface area contributed by atoms with Gasteiger partial charge in [-0.2, -0.15) is 16.1 Å². The highest BCUT2D eigenvalue weighted by atomic mass is 32.2. The summed E-state index contributed by atoms with van der Waals surface area (Å²) >= 11 is 1.56. The lowest BCUT2D eigenvalue weighted by Gasteiger charge is -2.33. The summed E-state index contributed by atoms with van der Waals surface area (Å²) in [6.07, 6.45) is 0.780. The molecule has 36 heavy (non-hydrogen) atoms. The highest BCUT2D eigenvalue weighted by Crippen LogP contribution is 2.30. The van der Waals surface area contributed by atoms with Crippen LogP contribution < -0.4 is 4.74 Å². The number of rotatable bonds is 9. The standard InChI is InChI=1S/C28H31NO5S2/c1-21-8-15-25(16-9-21)36(31,32)29-18-19-35-20-26(29)28(30)34-27(17-10-22-6-4-3-5-7-22)23-11-13-24(33-2)14-12-23/h3-9,11-16,26-27H,10,17-20H2,1-2H3/t26-,27?/m0/s1. The van der Waals surface area contributed by atoms with E-state index in [1.807, 2.05) is 61.5 Å². The topological polar surface area (TPSA) is 72.9 Å². The number of carbonyl (C=O) groups excluding carboxylic acids is 1. The molecule has 1 fully saturated rings. The van der Waals surface area contributed by atoms with Gasteiger partial charge in [0.1, 0.15) is 17.9 Å². The molecule has 6 nitrogen and oxygen atoms in total. The van der Waals surface area contributed by atoms with Gasteiger partial charge in [0, 0.05) is 18.1 Å². The number of benzene rings is 3. The van der Waals surface area contributed by atoms with Crippen molar-refractivity contribution in [1.29, 1.82) is 0 Å². The number of thioether (sulfide) groups is 1. The Kier molecular flexibility index (Phi) is 8.72. The van der Waals surface area contributed by atoms with Gasteiger partial charge in [0.25, 0.3) is 0 Å². The zero-order valence-corrected chi connectivity index (χ0v) is 22.1. The maximum atomic E-state index is 13.5. The zero-order valence-electron chi connectivity index (χ0n) is 20.5. The van der Waals surface area contributed by atoms with Crippen LogP contribution in [0.3, 0.4) is 0 Å². The Labute approximate surface area is 217 Å². The van der Waals surface area contributed by atoms with Gasteiger partial charge in [-0.15, -0.1) is 0 Å². The van der Waals surface area contributed by atoms with E-state index in [4.69, 9.17) is 9.47 Å². The van der Waals surface area contributed by atoms with E-state index in [2.05, 4.69) is 0 Å². The first kappa shape index (κ1) is 26.3. The molecule has 3 aromatic carbocycles. The van der Waals surface area contributed by atoms with E-state index in [0.717, 1.165) is 23.1 Å². The number of sulfonamides is 1. The fourth-order valence-corrected chi connectivity index (χ4v) is 7.00. The number of carbonyl (C=O) groups is 1. The van der Waals surface area contributed by atoms with E-state index < -0.39 is 28.1 Å². The lowest BCUT2D eigenvalue weighted by atomic mass is 10.0. The molecular formula is C28H31NO5S2. The minimum atomic E-state index is -3.84. The molecule has 8 heteroatoms. The number of esters is 1. The number of methoxy groups -OCH3 is 1. The average Bonchev–Trinajstić information content (AvgIpc) is 2.92. The zero-order chi connectivity index (χ0) is 25.5. The van der Waals surface area contributed by atoms with Gasteiger partial charge in [0.05, 0.1) is 12.0 Å². The Hall–Kier alpha value is -2.81. The predicted molar refractivity (Wildman–Crippen MR) is 143 cm³/mol. The molecule has 1 aliphatic heterocycles. The van der Waals surface area contributed by atoms with Gasteiger partial charge < -0.3 is 9.47 Å². The quantitative estimate of drug-likeness (QED) is 0.365. The van der Waals surface area contributed by atoms with Gasteiger partial charge in [-0.05, 0) is 55.2 Å². The monoisotopic (exact) mass is 525 g/mol. The molecule has 0 aromatic heterocycles. The summed E-state index contributed by atoms with van der Waals surface area (Å²) in [5.41, 5.74) is 2.96. The molecule has 1 aliphatic rings. The molecule has 0 N–H and O–H groups in total. The molecule has 2 atom stereocenters. The van der Waals surface area contributed by atoms with E-state index >= 15 is 0 Å². The number of hydrogen-bond acceptors (Lipinski definition) is 6. The second-order valence-corrected chi connectivity index (χ2v) is 11.8. The van der Waals surface area contributed by atoms with Crippen LogP contribution >= 0.6 is 11.8 Å². The van der Waals surface area contributed by atoms with Crippen molar-refractivity contribution < 1.29 is 22.7 Å². The van der Waals surface area contributed by atoms with Crippen LogP contribution in [0.1, 0.15) is 29.2 Å². The van der Waals surface area contributed by atoms with Crippen LogP contribution in [-0.2, 0) is 26.0 Å². The Morgan fingerprint density at radius 3 is 2.39 bits per heavy atom. The van der Waals surface area contributed by atoms with Crippen molar-refractivity contribution in [2.45, 2.75) is 36.8 Å². The first-order chi connectivity index (χ1) is 17.4. The fraction of sp³-hybridized carbons (Fsp3) is 0.321. The largest absolute Gasteiger partial charge is 0.497 e. The molecule has 0 saturated carbocycles. The summed E-state index contributed by atoms with van der Waals surface area (Å²) in [4.78, 5) is 13.7. The fourth-order valence-electron chi connectivity index (χ4n) is 4.18. The summed E-state index contributed by atoms with van der Waals surface area (Å²) in [6.45, 7) is 2.17. The number of nitrogens with zero attached hydrogens (tertiary/aromatic N) is 1. The van der Waals surface area contributed by atoms with Crippen molar-refractivity contribution in [2.75, 3.05) is 25.2 Å². The van der Waals surface area contributed by atoms with Crippen LogP contribution in [0.25, 0.3) is 0 Å². The summed E-state index contributed by atoms with van der Waals surface area (Å²) in [7, 11) is -2.23. The Morgan fingerprint density at radius 1 is 1.03 bits per heavy atom. The molecule has 0 radical (unpaired) electrons. The molecule has 190 valence electrons. The average molecular weight is 526 g/mol. The second kappa shape index (κ2) is 12.0. The molecule has 1 saturated heterocycles. The summed E-state index contributed by atoms with van der Waals surface area (Å²) in [6, 6.07) is 23.3. The SMILES string of the molecule is COc1ccc(C(CCc2ccccc2)OC(=O)[C@@H]2CSCCN2S(=O)(=O)c2ccc(C)cc2)cc1. The number of hydrogen-bond donors (Lipinski definition) is 0. The van der Waals surface area contributed by atoms with Crippen LogP contribution in [0.2, 0.25) is 0 Å². The first-order valence-corrected chi connectivity index (χ1v) is 14.5. The van der Waals surface area contributed by atoms with E-state index in [1.165, 1.54) is 4.31 Å². The lowest BCUT2D eigenvalue weighted by molar-refractivity contribution is -0.153. The number of ether oxygens (including phenoxy) is 2. The van der Waals surface area contributed by atoms with Gasteiger partial charge >= 0.3 is 5.97 Å². The van der Waals surface area contributed by atoms with Gasteiger partial charge in [0.15, 0.2) is 0 Å². The summed E-state index contributed by atoms with van der Waals surface area (Å²) < 4.78 is 39.5. The van der Waals surface area contributed by atoms with E-state index in [0.29, 0.717) is 23.7 Å².